The minimum absolute atomic E-state index is 0.0356. The average molecular weight is 486 g/mol. The number of rotatable bonds is 8. The molecule has 1 aliphatic heterocycles. The fourth-order valence-electron chi connectivity index (χ4n) is 4.29. The first-order valence-corrected chi connectivity index (χ1v) is 12.1. The largest absolute Gasteiger partial charge is 0.507 e. The Labute approximate surface area is 211 Å². The number of ketones is 1. The molecule has 0 aromatic heterocycles. The lowest BCUT2D eigenvalue weighted by molar-refractivity contribution is -0.132. The van der Waals surface area contributed by atoms with Gasteiger partial charge in [-0.15, -0.1) is 0 Å². The zero-order valence-corrected chi connectivity index (χ0v) is 21.0. The molecule has 4 rings (SSSR count). The van der Waals surface area contributed by atoms with E-state index in [2.05, 4.69) is 0 Å². The lowest BCUT2D eigenvalue weighted by Gasteiger charge is -2.27. The topological polar surface area (TPSA) is 76.1 Å². The van der Waals surface area contributed by atoms with Crippen LogP contribution in [-0.2, 0) is 9.59 Å². The van der Waals surface area contributed by atoms with E-state index in [-0.39, 0.29) is 11.3 Å². The van der Waals surface area contributed by atoms with E-state index in [9.17, 15) is 14.7 Å². The molecule has 0 aliphatic carbocycles. The van der Waals surface area contributed by atoms with Crippen LogP contribution in [-0.4, -0.2) is 30.0 Å². The molecule has 1 unspecified atom stereocenters. The number of aryl methyl sites for hydroxylation is 1. The molecule has 0 bridgehead atoms. The monoisotopic (exact) mass is 485 g/mol. The van der Waals surface area contributed by atoms with Crippen molar-refractivity contribution in [3.05, 3.63) is 95.1 Å². The second-order valence-electron chi connectivity index (χ2n) is 9.19. The van der Waals surface area contributed by atoms with Crippen LogP contribution in [0.2, 0.25) is 0 Å². The maximum absolute atomic E-state index is 13.4. The van der Waals surface area contributed by atoms with Crippen LogP contribution in [0, 0.1) is 12.8 Å². The molecule has 1 N–H and O–H groups in total. The SMILES string of the molecule is CCOc1ccc(C2/C(=C(/O)c3cccc(OCC(C)C)c3)C(=O)C(=O)N2c2ccccc2C)cc1. The van der Waals surface area contributed by atoms with Gasteiger partial charge in [0.05, 0.1) is 24.8 Å². The molecule has 1 amide bonds. The van der Waals surface area contributed by atoms with Gasteiger partial charge < -0.3 is 14.6 Å². The number of nitrogens with zero attached hydrogens (tertiary/aromatic N) is 1. The number of hydrogen-bond acceptors (Lipinski definition) is 5. The third-order valence-corrected chi connectivity index (χ3v) is 6.02. The third-order valence-electron chi connectivity index (χ3n) is 6.02. The summed E-state index contributed by atoms with van der Waals surface area (Å²) in [6.45, 7) is 8.94. The van der Waals surface area contributed by atoms with Crippen molar-refractivity contribution in [1.82, 2.24) is 0 Å². The molecular weight excluding hydrogens is 454 g/mol. The molecule has 186 valence electrons. The number of anilines is 1. The highest BCUT2D eigenvalue weighted by Gasteiger charge is 2.47. The maximum atomic E-state index is 13.4. The first kappa shape index (κ1) is 25.0. The summed E-state index contributed by atoms with van der Waals surface area (Å²) in [5.74, 6) is -0.0534. The number of carbonyl (C=O) groups excluding carboxylic acids is 2. The molecule has 36 heavy (non-hydrogen) atoms. The van der Waals surface area contributed by atoms with Crippen molar-refractivity contribution in [1.29, 1.82) is 0 Å². The number of aliphatic hydroxyl groups excluding tert-OH is 1. The molecule has 0 radical (unpaired) electrons. The van der Waals surface area contributed by atoms with Gasteiger partial charge in [-0.3, -0.25) is 14.5 Å². The smallest absolute Gasteiger partial charge is 0.300 e. The fraction of sp³-hybridized carbons (Fsp3) is 0.267. The van der Waals surface area contributed by atoms with Crippen molar-refractivity contribution in [2.24, 2.45) is 5.92 Å². The van der Waals surface area contributed by atoms with E-state index >= 15 is 0 Å². The minimum atomic E-state index is -0.804. The van der Waals surface area contributed by atoms with Crippen LogP contribution in [0.25, 0.3) is 5.76 Å². The molecule has 6 heteroatoms. The van der Waals surface area contributed by atoms with Crippen molar-refractivity contribution >= 4 is 23.1 Å². The summed E-state index contributed by atoms with van der Waals surface area (Å²) in [5, 5.41) is 11.4. The third kappa shape index (κ3) is 4.98. The van der Waals surface area contributed by atoms with Crippen LogP contribution in [0.5, 0.6) is 11.5 Å². The number of carbonyl (C=O) groups is 2. The van der Waals surface area contributed by atoms with Crippen LogP contribution >= 0.6 is 0 Å². The van der Waals surface area contributed by atoms with E-state index in [1.165, 1.54) is 4.90 Å². The van der Waals surface area contributed by atoms with Crippen LogP contribution in [0.1, 0.15) is 43.5 Å². The maximum Gasteiger partial charge on any atom is 0.300 e. The van der Waals surface area contributed by atoms with Gasteiger partial charge in [0.15, 0.2) is 0 Å². The highest BCUT2D eigenvalue weighted by atomic mass is 16.5. The first-order chi connectivity index (χ1) is 17.3. The normalized spacial score (nSPS) is 17.0. The molecule has 6 nitrogen and oxygen atoms in total. The first-order valence-electron chi connectivity index (χ1n) is 12.1. The molecule has 0 spiro atoms. The Morgan fingerprint density at radius 3 is 2.33 bits per heavy atom. The molecule has 1 heterocycles. The van der Waals surface area contributed by atoms with Gasteiger partial charge >= 0.3 is 0 Å². The van der Waals surface area contributed by atoms with E-state index < -0.39 is 17.7 Å². The van der Waals surface area contributed by atoms with E-state index in [1.54, 1.807) is 36.4 Å². The number of hydrogen-bond donors (Lipinski definition) is 1. The van der Waals surface area contributed by atoms with Crippen LogP contribution in [0.3, 0.4) is 0 Å². The number of benzene rings is 3. The average Bonchev–Trinajstić information content (AvgIpc) is 3.13. The Bertz CT molecular complexity index is 1290. The molecule has 1 saturated heterocycles. The zero-order valence-electron chi connectivity index (χ0n) is 21.0. The van der Waals surface area contributed by atoms with E-state index in [4.69, 9.17) is 9.47 Å². The van der Waals surface area contributed by atoms with Gasteiger partial charge in [-0.2, -0.15) is 0 Å². The summed E-state index contributed by atoms with van der Waals surface area (Å²) < 4.78 is 11.4. The summed E-state index contributed by atoms with van der Waals surface area (Å²) in [6.07, 6.45) is 0. The van der Waals surface area contributed by atoms with Crippen molar-refractivity contribution in [2.45, 2.75) is 33.7 Å². The van der Waals surface area contributed by atoms with Gasteiger partial charge in [0.1, 0.15) is 17.3 Å². The highest BCUT2D eigenvalue weighted by molar-refractivity contribution is 6.51. The highest BCUT2D eigenvalue weighted by Crippen LogP contribution is 2.43. The van der Waals surface area contributed by atoms with Crippen LogP contribution in [0.4, 0.5) is 5.69 Å². The summed E-state index contributed by atoms with van der Waals surface area (Å²) in [6, 6.07) is 20.8. The quantitative estimate of drug-likeness (QED) is 0.239. The van der Waals surface area contributed by atoms with Gasteiger partial charge in [-0.05, 0) is 61.2 Å². The second kappa shape index (κ2) is 10.7. The van der Waals surface area contributed by atoms with Gasteiger partial charge in [-0.1, -0.05) is 56.3 Å². The van der Waals surface area contributed by atoms with Gasteiger partial charge in [0.2, 0.25) is 0 Å². The summed E-state index contributed by atoms with van der Waals surface area (Å²) in [7, 11) is 0. The summed E-state index contributed by atoms with van der Waals surface area (Å²) >= 11 is 0. The molecule has 3 aromatic rings. The standard InChI is InChI=1S/C30H31NO5/c1-5-35-23-15-13-21(14-16-23)27-26(28(32)22-10-8-11-24(17-22)36-18-19(2)3)29(33)30(34)31(27)25-12-7-6-9-20(25)4/h6-17,19,27,32H,5,18H2,1-4H3/b28-26-. The fourth-order valence-corrected chi connectivity index (χ4v) is 4.29. The van der Waals surface area contributed by atoms with E-state index in [0.717, 1.165) is 5.56 Å². The predicted octanol–water partition coefficient (Wildman–Crippen LogP) is 6.05. The van der Waals surface area contributed by atoms with Gasteiger partial charge in [-0.25, -0.2) is 0 Å². The van der Waals surface area contributed by atoms with Gasteiger partial charge in [0.25, 0.3) is 11.7 Å². The van der Waals surface area contributed by atoms with E-state index in [1.807, 2.05) is 64.1 Å². The number of para-hydroxylation sites is 1. The minimum Gasteiger partial charge on any atom is -0.507 e. The Morgan fingerprint density at radius 1 is 0.944 bits per heavy atom. The van der Waals surface area contributed by atoms with Crippen molar-refractivity contribution in [2.75, 3.05) is 18.1 Å². The van der Waals surface area contributed by atoms with E-state index in [0.29, 0.717) is 47.4 Å². The molecular formula is C30H31NO5. The number of ether oxygens (including phenoxy) is 2. The molecule has 3 aromatic carbocycles. The molecule has 1 atom stereocenters. The van der Waals surface area contributed by atoms with Crippen molar-refractivity contribution in [3.8, 4) is 11.5 Å². The Hall–Kier alpha value is -4.06. The number of aliphatic hydroxyl groups is 1. The number of amides is 1. The zero-order chi connectivity index (χ0) is 25.8. The van der Waals surface area contributed by atoms with Crippen molar-refractivity contribution < 1.29 is 24.2 Å². The second-order valence-corrected chi connectivity index (χ2v) is 9.19. The van der Waals surface area contributed by atoms with Crippen LogP contribution < -0.4 is 14.4 Å². The van der Waals surface area contributed by atoms with Crippen molar-refractivity contribution in [3.63, 3.8) is 0 Å². The lowest BCUT2D eigenvalue weighted by atomic mass is 9.94. The Morgan fingerprint density at radius 2 is 1.67 bits per heavy atom. The number of Topliss-reactive ketones (excluding diaryl/α,β-unsaturated/α-hetero) is 1. The Balaban J connectivity index is 1.86. The molecule has 1 fully saturated rings. The predicted molar refractivity (Wildman–Crippen MR) is 140 cm³/mol. The molecule has 1 aliphatic rings. The summed E-state index contributed by atoms with van der Waals surface area (Å²) in [4.78, 5) is 28.3. The lowest BCUT2D eigenvalue weighted by Crippen LogP contribution is -2.30. The molecule has 0 saturated carbocycles. The van der Waals surface area contributed by atoms with Crippen LogP contribution in [0.15, 0.2) is 78.4 Å². The Kier molecular flexibility index (Phi) is 7.44. The van der Waals surface area contributed by atoms with Gasteiger partial charge in [0, 0.05) is 11.3 Å². The summed E-state index contributed by atoms with van der Waals surface area (Å²) in [5.41, 5.74) is 2.60.